The van der Waals surface area contributed by atoms with Crippen LogP contribution in [0.5, 0.6) is 0 Å². The van der Waals surface area contributed by atoms with Crippen LogP contribution in [-0.4, -0.2) is 68.4 Å². The predicted octanol–water partition coefficient (Wildman–Crippen LogP) is 0.815. The van der Waals surface area contributed by atoms with Crippen LogP contribution in [0.15, 0.2) is 0 Å². The quantitative estimate of drug-likeness (QED) is 0.833. The Morgan fingerprint density at radius 1 is 1.30 bits per heavy atom. The third-order valence-corrected chi connectivity index (χ3v) is 6.43. The molecule has 1 saturated carbocycles. The molecule has 2 atom stereocenters. The second-order valence-electron chi connectivity index (χ2n) is 6.52. The van der Waals surface area contributed by atoms with Crippen LogP contribution >= 0.6 is 0 Å². The van der Waals surface area contributed by atoms with Crippen LogP contribution < -0.4 is 0 Å². The summed E-state index contributed by atoms with van der Waals surface area (Å²) in [6.07, 6.45) is 6.12. The molecule has 2 rings (SSSR count). The number of hydrogen-bond acceptors (Lipinski definition) is 5. The third-order valence-electron chi connectivity index (χ3n) is 4.79. The van der Waals surface area contributed by atoms with E-state index in [2.05, 4.69) is 4.90 Å². The molecule has 0 bridgehead atoms. The van der Waals surface area contributed by atoms with Crippen LogP contribution in [0.3, 0.4) is 0 Å². The van der Waals surface area contributed by atoms with E-state index in [1.807, 2.05) is 7.05 Å². The molecule has 0 aromatic heterocycles. The summed E-state index contributed by atoms with van der Waals surface area (Å²) in [6, 6.07) is 0.260. The van der Waals surface area contributed by atoms with Crippen molar-refractivity contribution < 1.29 is 18.3 Å². The van der Waals surface area contributed by atoms with Crippen molar-refractivity contribution in [3.63, 3.8) is 0 Å². The van der Waals surface area contributed by atoms with Crippen molar-refractivity contribution in [1.29, 1.82) is 0 Å². The first-order valence-corrected chi connectivity index (χ1v) is 9.45. The molecule has 1 N–H and O–H groups in total. The summed E-state index contributed by atoms with van der Waals surface area (Å²) in [5.74, 6) is 0. The maximum atomic E-state index is 11.7. The van der Waals surface area contributed by atoms with Crippen molar-refractivity contribution in [1.82, 2.24) is 4.90 Å². The van der Waals surface area contributed by atoms with E-state index in [9.17, 15) is 13.5 Å². The zero-order valence-corrected chi connectivity index (χ0v) is 13.4. The van der Waals surface area contributed by atoms with Gasteiger partial charge in [0.15, 0.2) is 0 Å². The number of rotatable bonds is 4. The van der Waals surface area contributed by atoms with Crippen molar-refractivity contribution in [2.24, 2.45) is 0 Å². The van der Waals surface area contributed by atoms with E-state index in [0.717, 1.165) is 19.3 Å². The minimum absolute atomic E-state index is 0.215. The van der Waals surface area contributed by atoms with Gasteiger partial charge in [0.2, 0.25) is 0 Å². The van der Waals surface area contributed by atoms with Gasteiger partial charge in [-0.05, 0) is 26.3 Å². The van der Waals surface area contributed by atoms with Crippen LogP contribution in [0.4, 0.5) is 0 Å². The molecule has 0 spiro atoms. The van der Waals surface area contributed by atoms with Gasteiger partial charge in [-0.15, -0.1) is 0 Å². The number of likely N-dealkylation sites (N-methyl/N-ethyl adjacent to an activating group) is 1. The Bertz CT molecular complexity index is 417. The largest absolute Gasteiger partial charge is 0.388 e. The van der Waals surface area contributed by atoms with Crippen LogP contribution in [0.1, 0.15) is 38.5 Å². The van der Waals surface area contributed by atoms with E-state index < -0.39 is 15.4 Å². The first-order valence-electron chi connectivity index (χ1n) is 7.49. The first kappa shape index (κ1) is 16.2. The molecule has 2 unspecified atom stereocenters. The van der Waals surface area contributed by atoms with E-state index in [1.165, 1.54) is 6.26 Å². The monoisotopic (exact) mass is 305 g/mol. The lowest BCUT2D eigenvalue weighted by Crippen LogP contribution is -2.50. The average molecular weight is 305 g/mol. The van der Waals surface area contributed by atoms with Gasteiger partial charge in [-0.1, -0.05) is 6.42 Å². The summed E-state index contributed by atoms with van der Waals surface area (Å²) < 4.78 is 28.7. The predicted molar refractivity (Wildman–Crippen MR) is 78.5 cm³/mol. The Morgan fingerprint density at radius 2 is 1.95 bits per heavy atom. The molecule has 1 aliphatic heterocycles. The van der Waals surface area contributed by atoms with Gasteiger partial charge in [-0.2, -0.15) is 0 Å². The molecular weight excluding hydrogens is 278 g/mol. The zero-order chi connectivity index (χ0) is 14.8. The number of hydrogen-bond donors (Lipinski definition) is 1. The van der Waals surface area contributed by atoms with Crippen LogP contribution in [0.2, 0.25) is 0 Å². The minimum atomic E-state index is -2.95. The van der Waals surface area contributed by atoms with E-state index in [4.69, 9.17) is 4.74 Å². The Morgan fingerprint density at radius 3 is 2.55 bits per heavy atom. The molecule has 6 heteroatoms. The highest BCUT2D eigenvalue weighted by Gasteiger charge is 2.36. The van der Waals surface area contributed by atoms with E-state index in [1.54, 1.807) is 0 Å². The molecule has 5 nitrogen and oxygen atoms in total. The lowest BCUT2D eigenvalue weighted by molar-refractivity contribution is -0.0827. The highest BCUT2D eigenvalue weighted by molar-refractivity contribution is 7.91. The van der Waals surface area contributed by atoms with Gasteiger partial charge in [-0.25, -0.2) is 8.42 Å². The summed E-state index contributed by atoms with van der Waals surface area (Å²) >= 11 is 0. The van der Waals surface area contributed by atoms with Gasteiger partial charge in [-0.3, -0.25) is 0 Å². The van der Waals surface area contributed by atoms with Crippen LogP contribution in [0.25, 0.3) is 0 Å². The smallest absolute Gasteiger partial charge is 0.150 e. The molecule has 118 valence electrons. The Hall–Kier alpha value is -0.170. The van der Waals surface area contributed by atoms with Gasteiger partial charge in [0.1, 0.15) is 9.84 Å². The number of sulfone groups is 1. The third kappa shape index (κ3) is 4.16. The van der Waals surface area contributed by atoms with E-state index in [0.29, 0.717) is 39.0 Å². The van der Waals surface area contributed by atoms with Crippen molar-refractivity contribution in [2.75, 3.05) is 33.1 Å². The Labute approximate surface area is 122 Å². The van der Waals surface area contributed by atoms with Gasteiger partial charge < -0.3 is 14.7 Å². The zero-order valence-electron chi connectivity index (χ0n) is 12.5. The fraction of sp³-hybridized carbons (Fsp3) is 1.00. The van der Waals surface area contributed by atoms with Crippen molar-refractivity contribution in [2.45, 2.75) is 55.4 Å². The van der Waals surface area contributed by atoms with Crippen LogP contribution in [-0.2, 0) is 14.6 Å². The summed E-state index contributed by atoms with van der Waals surface area (Å²) in [7, 11) is -0.947. The van der Waals surface area contributed by atoms with Crippen LogP contribution in [0, 0.1) is 0 Å². The number of nitrogens with zero attached hydrogens (tertiary/aromatic N) is 1. The summed E-state index contributed by atoms with van der Waals surface area (Å²) in [6.45, 7) is 1.83. The van der Waals surface area contributed by atoms with E-state index in [-0.39, 0.29) is 11.3 Å². The molecule has 1 saturated heterocycles. The van der Waals surface area contributed by atoms with E-state index >= 15 is 0 Å². The Kier molecular flexibility index (Phi) is 5.10. The summed E-state index contributed by atoms with van der Waals surface area (Å²) in [5, 5.41) is 10.3. The van der Waals surface area contributed by atoms with Crippen molar-refractivity contribution in [3.05, 3.63) is 0 Å². The topological polar surface area (TPSA) is 66.8 Å². The lowest BCUT2D eigenvalue weighted by atomic mass is 9.90. The maximum absolute atomic E-state index is 11.7. The molecule has 20 heavy (non-hydrogen) atoms. The van der Waals surface area contributed by atoms with Gasteiger partial charge in [0.25, 0.3) is 0 Å². The fourth-order valence-electron chi connectivity index (χ4n) is 3.41. The number of ether oxygens (including phenoxy) is 1. The molecule has 0 aromatic rings. The molecule has 1 aliphatic carbocycles. The average Bonchev–Trinajstić information content (AvgIpc) is 2.38. The second-order valence-corrected chi connectivity index (χ2v) is 8.85. The summed E-state index contributed by atoms with van der Waals surface area (Å²) in [4.78, 5) is 2.16. The highest BCUT2D eigenvalue weighted by Crippen LogP contribution is 2.29. The fourth-order valence-corrected chi connectivity index (χ4v) is 4.58. The van der Waals surface area contributed by atoms with Crippen molar-refractivity contribution in [3.8, 4) is 0 Å². The molecule has 2 fully saturated rings. The molecular formula is C14H27NO4S. The van der Waals surface area contributed by atoms with Crippen molar-refractivity contribution >= 4 is 9.84 Å². The minimum Gasteiger partial charge on any atom is -0.388 e. The Balaban J connectivity index is 1.93. The SMILES string of the molecule is CN(CC1(O)CCOCC1)C1CCCC(S(C)(=O)=O)C1. The lowest BCUT2D eigenvalue weighted by Gasteiger charge is -2.40. The highest BCUT2D eigenvalue weighted by atomic mass is 32.2. The normalized spacial score (nSPS) is 31.4. The molecule has 1 heterocycles. The molecule has 0 amide bonds. The summed E-state index contributed by atoms with van der Waals surface area (Å²) in [5.41, 5.74) is -0.676. The number of aliphatic hydroxyl groups is 1. The molecule has 2 aliphatic rings. The van der Waals surface area contributed by atoms with Gasteiger partial charge in [0, 0.05) is 44.9 Å². The standard InChI is InChI=1S/C14H27NO4S/c1-15(11-14(16)6-8-19-9-7-14)12-4-3-5-13(10-12)20(2,17)18/h12-13,16H,3-11H2,1-2H3. The molecule has 0 radical (unpaired) electrons. The van der Waals surface area contributed by atoms with Gasteiger partial charge in [0.05, 0.1) is 10.9 Å². The maximum Gasteiger partial charge on any atom is 0.150 e. The first-order chi connectivity index (χ1) is 9.30. The second kappa shape index (κ2) is 6.30. The van der Waals surface area contributed by atoms with Gasteiger partial charge >= 0.3 is 0 Å². The molecule has 0 aromatic carbocycles.